The first-order valence-electron chi connectivity index (χ1n) is 5.84. The first kappa shape index (κ1) is 10.3. The molecule has 0 N–H and O–H groups in total. The van der Waals surface area contributed by atoms with Gasteiger partial charge >= 0.3 is 0 Å². The number of anilines is 1. The summed E-state index contributed by atoms with van der Waals surface area (Å²) in [5.41, 5.74) is 0. The fraction of sp³-hybridized carbons (Fsp3) is 0.417. The minimum absolute atomic E-state index is 0.463. The van der Waals surface area contributed by atoms with Crippen LogP contribution in [0.25, 0.3) is 0 Å². The smallest absolute Gasteiger partial charge is 0.137 e. The van der Waals surface area contributed by atoms with Gasteiger partial charge in [-0.2, -0.15) is 0 Å². The maximum Gasteiger partial charge on any atom is 0.137 e. The summed E-state index contributed by atoms with van der Waals surface area (Å²) < 4.78 is 2.01. The molecule has 0 radical (unpaired) electrons. The molecule has 3 rings (SSSR count). The van der Waals surface area contributed by atoms with Gasteiger partial charge in [-0.05, 0) is 18.6 Å². The SMILES string of the molecule is Cn1cnnc1C1CCN(c2ccccn2)C1. The van der Waals surface area contributed by atoms with Crippen molar-refractivity contribution >= 4 is 5.82 Å². The highest BCUT2D eigenvalue weighted by molar-refractivity contribution is 5.40. The zero-order valence-corrected chi connectivity index (χ0v) is 9.82. The largest absolute Gasteiger partial charge is 0.356 e. The van der Waals surface area contributed by atoms with Gasteiger partial charge in [0.25, 0.3) is 0 Å². The van der Waals surface area contributed by atoms with Crippen molar-refractivity contribution in [1.82, 2.24) is 19.7 Å². The Kier molecular flexibility index (Phi) is 2.51. The number of aryl methyl sites for hydroxylation is 1. The van der Waals surface area contributed by atoms with Crippen LogP contribution in [-0.4, -0.2) is 32.8 Å². The average Bonchev–Trinajstić information content (AvgIpc) is 2.98. The summed E-state index contributed by atoms with van der Waals surface area (Å²) in [4.78, 5) is 6.69. The first-order chi connectivity index (χ1) is 8.34. The van der Waals surface area contributed by atoms with Crippen LogP contribution in [0.3, 0.4) is 0 Å². The van der Waals surface area contributed by atoms with Gasteiger partial charge in [0.15, 0.2) is 0 Å². The van der Waals surface area contributed by atoms with Crippen LogP contribution in [0.15, 0.2) is 30.7 Å². The number of aromatic nitrogens is 4. The third kappa shape index (κ3) is 1.88. The van der Waals surface area contributed by atoms with E-state index in [-0.39, 0.29) is 0 Å². The van der Waals surface area contributed by atoms with E-state index in [0.717, 1.165) is 31.2 Å². The van der Waals surface area contributed by atoms with Crippen LogP contribution in [-0.2, 0) is 7.05 Å². The highest BCUT2D eigenvalue weighted by Crippen LogP contribution is 2.27. The molecule has 1 aliphatic heterocycles. The van der Waals surface area contributed by atoms with Crippen LogP contribution >= 0.6 is 0 Å². The third-order valence-corrected chi connectivity index (χ3v) is 3.27. The zero-order chi connectivity index (χ0) is 11.7. The highest BCUT2D eigenvalue weighted by atomic mass is 15.3. The summed E-state index contributed by atoms with van der Waals surface area (Å²) in [6.45, 7) is 2.01. The van der Waals surface area contributed by atoms with Crippen molar-refractivity contribution in [1.29, 1.82) is 0 Å². The summed E-state index contributed by atoms with van der Waals surface area (Å²) >= 11 is 0. The number of hydrogen-bond donors (Lipinski definition) is 0. The van der Waals surface area contributed by atoms with Gasteiger partial charge < -0.3 is 9.47 Å². The fourth-order valence-electron chi connectivity index (χ4n) is 2.38. The maximum absolute atomic E-state index is 4.38. The van der Waals surface area contributed by atoms with Crippen molar-refractivity contribution in [2.75, 3.05) is 18.0 Å². The standard InChI is InChI=1S/C12H15N5/c1-16-9-14-15-12(16)10-5-7-17(8-10)11-4-2-3-6-13-11/h2-4,6,9-10H,5,7-8H2,1H3. The topological polar surface area (TPSA) is 46.8 Å². The fourth-order valence-corrected chi connectivity index (χ4v) is 2.38. The van der Waals surface area contributed by atoms with Crippen molar-refractivity contribution in [2.24, 2.45) is 7.05 Å². The molecule has 2 aromatic rings. The quantitative estimate of drug-likeness (QED) is 0.776. The second-order valence-electron chi connectivity index (χ2n) is 4.42. The Hall–Kier alpha value is -1.91. The minimum atomic E-state index is 0.463. The highest BCUT2D eigenvalue weighted by Gasteiger charge is 2.27. The van der Waals surface area contributed by atoms with Gasteiger partial charge in [-0.25, -0.2) is 4.98 Å². The van der Waals surface area contributed by atoms with E-state index in [1.54, 1.807) is 6.33 Å². The number of rotatable bonds is 2. The van der Waals surface area contributed by atoms with Crippen molar-refractivity contribution in [3.63, 3.8) is 0 Å². The van der Waals surface area contributed by atoms with E-state index in [0.29, 0.717) is 5.92 Å². The molecular formula is C12H15N5. The monoisotopic (exact) mass is 229 g/mol. The molecule has 0 aliphatic carbocycles. The van der Waals surface area contributed by atoms with E-state index in [1.165, 1.54) is 0 Å². The van der Waals surface area contributed by atoms with Crippen molar-refractivity contribution in [3.05, 3.63) is 36.5 Å². The molecule has 1 atom stereocenters. The van der Waals surface area contributed by atoms with Crippen LogP contribution in [0.4, 0.5) is 5.82 Å². The van der Waals surface area contributed by atoms with Gasteiger partial charge in [0.1, 0.15) is 18.0 Å². The predicted molar refractivity (Wildman–Crippen MR) is 64.8 cm³/mol. The normalized spacial score (nSPS) is 19.8. The van der Waals surface area contributed by atoms with E-state index < -0.39 is 0 Å². The molecular weight excluding hydrogens is 214 g/mol. The molecule has 1 aliphatic rings. The minimum Gasteiger partial charge on any atom is -0.356 e. The van der Waals surface area contributed by atoms with E-state index in [9.17, 15) is 0 Å². The van der Waals surface area contributed by atoms with Crippen molar-refractivity contribution < 1.29 is 0 Å². The molecule has 1 saturated heterocycles. The second kappa shape index (κ2) is 4.16. The molecule has 0 spiro atoms. The Bertz CT molecular complexity index is 493. The van der Waals surface area contributed by atoms with Crippen LogP contribution in [0.1, 0.15) is 18.2 Å². The summed E-state index contributed by atoms with van der Waals surface area (Å²) in [7, 11) is 2.00. The number of hydrogen-bond acceptors (Lipinski definition) is 4. The van der Waals surface area contributed by atoms with E-state index in [2.05, 4.69) is 26.1 Å². The van der Waals surface area contributed by atoms with Crippen molar-refractivity contribution in [3.8, 4) is 0 Å². The lowest BCUT2D eigenvalue weighted by Crippen LogP contribution is -2.20. The number of pyridine rings is 1. The maximum atomic E-state index is 4.38. The van der Waals surface area contributed by atoms with E-state index in [4.69, 9.17) is 0 Å². The van der Waals surface area contributed by atoms with E-state index in [1.807, 2.05) is 29.9 Å². The molecule has 0 amide bonds. The molecule has 88 valence electrons. The molecule has 3 heterocycles. The van der Waals surface area contributed by atoms with Gasteiger partial charge in [-0.3, -0.25) is 0 Å². The van der Waals surface area contributed by atoms with Crippen LogP contribution in [0.5, 0.6) is 0 Å². The van der Waals surface area contributed by atoms with Crippen LogP contribution < -0.4 is 4.90 Å². The molecule has 5 heteroatoms. The zero-order valence-electron chi connectivity index (χ0n) is 9.82. The van der Waals surface area contributed by atoms with Crippen molar-refractivity contribution in [2.45, 2.75) is 12.3 Å². The summed E-state index contributed by atoms with van der Waals surface area (Å²) in [5, 5.41) is 8.13. The Morgan fingerprint density at radius 3 is 3.00 bits per heavy atom. The first-order valence-corrected chi connectivity index (χ1v) is 5.84. The van der Waals surface area contributed by atoms with Gasteiger partial charge in [0.2, 0.25) is 0 Å². The molecule has 0 bridgehead atoms. The molecule has 0 saturated carbocycles. The Morgan fingerprint density at radius 1 is 1.35 bits per heavy atom. The molecule has 0 aromatic carbocycles. The molecule has 1 unspecified atom stereocenters. The lowest BCUT2D eigenvalue weighted by atomic mass is 10.1. The van der Waals surface area contributed by atoms with Gasteiger partial charge in [-0.15, -0.1) is 10.2 Å². The molecule has 2 aromatic heterocycles. The summed E-state index contributed by atoms with van der Waals surface area (Å²) in [6.07, 6.45) is 4.72. The average molecular weight is 229 g/mol. The number of nitrogens with zero attached hydrogens (tertiary/aromatic N) is 5. The van der Waals surface area contributed by atoms with Gasteiger partial charge in [-0.1, -0.05) is 6.07 Å². The van der Waals surface area contributed by atoms with Gasteiger partial charge in [0.05, 0.1) is 0 Å². The third-order valence-electron chi connectivity index (χ3n) is 3.27. The molecule has 1 fully saturated rings. The van der Waals surface area contributed by atoms with E-state index >= 15 is 0 Å². The lowest BCUT2D eigenvalue weighted by Gasteiger charge is -2.16. The Balaban J connectivity index is 1.77. The Morgan fingerprint density at radius 2 is 2.29 bits per heavy atom. The summed E-state index contributed by atoms with van der Waals surface area (Å²) in [6, 6.07) is 6.02. The molecule has 17 heavy (non-hydrogen) atoms. The second-order valence-corrected chi connectivity index (χ2v) is 4.42. The van der Waals surface area contributed by atoms with Crippen LogP contribution in [0, 0.1) is 0 Å². The van der Waals surface area contributed by atoms with Crippen LogP contribution in [0.2, 0.25) is 0 Å². The predicted octanol–water partition coefficient (Wildman–Crippen LogP) is 1.20. The Labute approximate surface area is 100 Å². The van der Waals surface area contributed by atoms with Gasteiger partial charge in [0, 0.05) is 32.3 Å². The summed E-state index contributed by atoms with van der Waals surface area (Å²) in [5.74, 6) is 2.59. The lowest BCUT2D eigenvalue weighted by molar-refractivity contribution is 0.662. The molecule has 5 nitrogen and oxygen atoms in total.